The van der Waals surface area contributed by atoms with Crippen molar-refractivity contribution in [3.8, 4) is 0 Å². The lowest BCUT2D eigenvalue weighted by molar-refractivity contribution is 0.0958. The van der Waals surface area contributed by atoms with Gasteiger partial charge >= 0.3 is 6.03 Å². The summed E-state index contributed by atoms with van der Waals surface area (Å²) < 4.78 is 0. The van der Waals surface area contributed by atoms with Crippen LogP contribution in [0.5, 0.6) is 0 Å². The van der Waals surface area contributed by atoms with Crippen LogP contribution in [0.15, 0.2) is 30.3 Å². The fourth-order valence-electron chi connectivity index (χ4n) is 2.41. The number of benzene rings is 1. The Kier molecular flexibility index (Phi) is 8.66. The molecule has 0 aliphatic rings. The molecule has 0 heterocycles. The molecule has 0 unspecified atom stereocenters. The van der Waals surface area contributed by atoms with Gasteiger partial charge in [-0.15, -0.1) is 0 Å². The van der Waals surface area contributed by atoms with Gasteiger partial charge in [0.2, 0.25) is 0 Å². The molecule has 0 aliphatic carbocycles. The van der Waals surface area contributed by atoms with Crippen LogP contribution >= 0.6 is 0 Å². The van der Waals surface area contributed by atoms with Crippen LogP contribution in [-0.2, 0) is 6.42 Å². The second-order valence-corrected chi connectivity index (χ2v) is 6.45. The first-order valence-electron chi connectivity index (χ1n) is 8.44. The highest BCUT2D eigenvalue weighted by Crippen LogP contribution is 2.08. The van der Waals surface area contributed by atoms with Gasteiger partial charge in [0.25, 0.3) is 0 Å². The van der Waals surface area contributed by atoms with Gasteiger partial charge in [0.05, 0.1) is 6.10 Å². The molecule has 0 aromatic heterocycles. The summed E-state index contributed by atoms with van der Waals surface area (Å²) in [4.78, 5) is 13.9. The lowest BCUT2D eigenvalue weighted by atomic mass is 10.0. The lowest BCUT2D eigenvalue weighted by Crippen LogP contribution is -2.50. The van der Waals surface area contributed by atoms with E-state index in [-0.39, 0.29) is 12.6 Å². The van der Waals surface area contributed by atoms with Crippen LogP contribution in [0.4, 0.5) is 4.79 Å². The fraction of sp³-hybridized carbons (Fsp3) is 0.611. The number of aliphatic hydroxyl groups excluding tert-OH is 1. The van der Waals surface area contributed by atoms with Crippen molar-refractivity contribution in [1.82, 2.24) is 10.2 Å². The summed E-state index contributed by atoms with van der Waals surface area (Å²) in [6.07, 6.45) is 0.729. The number of nitrogens with one attached hydrogen (secondary N) is 1. The van der Waals surface area contributed by atoms with Gasteiger partial charge in [-0.2, -0.15) is 0 Å². The first-order chi connectivity index (χ1) is 10.9. The molecule has 0 spiro atoms. The van der Waals surface area contributed by atoms with Crippen LogP contribution in [0.25, 0.3) is 0 Å². The van der Waals surface area contributed by atoms with Crippen molar-refractivity contribution in [3.05, 3.63) is 35.9 Å². The first kappa shape index (κ1) is 19.5. The van der Waals surface area contributed by atoms with Crippen LogP contribution < -0.4 is 11.1 Å². The maximum atomic E-state index is 12.2. The van der Waals surface area contributed by atoms with E-state index in [0.29, 0.717) is 25.4 Å². The van der Waals surface area contributed by atoms with E-state index in [1.807, 2.05) is 37.3 Å². The minimum absolute atomic E-state index is 0.133. The lowest BCUT2D eigenvalue weighted by Gasteiger charge is -2.29. The maximum absolute atomic E-state index is 12.2. The number of rotatable bonds is 9. The van der Waals surface area contributed by atoms with Crippen LogP contribution in [0.2, 0.25) is 0 Å². The summed E-state index contributed by atoms with van der Waals surface area (Å²) in [5.74, 6) is 0.333. The Balaban J connectivity index is 2.60. The first-order valence-corrected chi connectivity index (χ1v) is 8.44. The molecule has 0 bridgehead atoms. The Morgan fingerprint density at radius 3 is 2.48 bits per heavy atom. The summed E-state index contributed by atoms with van der Waals surface area (Å²) in [6, 6.07) is 9.32. The fourth-order valence-corrected chi connectivity index (χ4v) is 2.41. The minimum Gasteiger partial charge on any atom is -0.390 e. The predicted molar refractivity (Wildman–Crippen MR) is 94.2 cm³/mol. The van der Waals surface area contributed by atoms with E-state index in [1.165, 1.54) is 0 Å². The second kappa shape index (κ2) is 10.2. The molecule has 0 fully saturated rings. The van der Waals surface area contributed by atoms with Gasteiger partial charge in [0.1, 0.15) is 0 Å². The van der Waals surface area contributed by atoms with Gasteiger partial charge in [0.15, 0.2) is 0 Å². The van der Waals surface area contributed by atoms with Gasteiger partial charge in [-0.3, -0.25) is 0 Å². The van der Waals surface area contributed by atoms with E-state index >= 15 is 0 Å². The molecule has 5 nitrogen and oxygen atoms in total. The van der Waals surface area contributed by atoms with Crippen molar-refractivity contribution in [2.24, 2.45) is 11.7 Å². The molecular weight excluding hydrogens is 290 g/mol. The third-order valence-corrected chi connectivity index (χ3v) is 3.61. The molecule has 23 heavy (non-hydrogen) atoms. The molecule has 2 amide bonds. The van der Waals surface area contributed by atoms with Gasteiger partial charge in [-0.1, -0.05) is 51.1 Å². The zero-order chi connectivity index (χ0) is 17.2. The largest absolute Gasteiger partial charge is 0.390 e. The summed E-state index contributed by atoms with van der Waals surface area (Å²) in [6.45, 7) is 7.61. The zero-order valence-electron chi connectivity index (χ0n) is 14.5. The van der Waals surface area contributed by atoms with Crippen molar-refractivity contribution < 1.29 is 9.90 Å². The average molecular weight is 321 g/mol. The number of carbonyl (C=O) groups is 1. The standard InChI is InChI=1S/C18H31N3O2/c1-4-10-20-18(23)21(12-14(2)3)13-17(22)16(19)11-15-8-6-5-7-9-15/h5-9,14,16-17,22H,4,10-13,19H2,1-3H3,(H,20,23)/t16-,17+/m0/s1. The normalized spacial score (nSPS) is 13.7. The minimum atomic E-state index is -0.749. The molecule has 1 aromatic rings. The zero-order valence-corrected chi connectivity index (χ0v) is 14.5. The van der Waals surface area contributed by atoms with E-state index in [4.69, 9.17) is 5.73 Å². The Bertz CT molecular complexity index is 451. The predicted octanol–water partition coefficient (Wildman–Crippen LogP) is 1.99. The molecular formula is C18H31N3O2. The van der Waals surface area contributed by atoms with E-state index in [1.54, 1.807) is 4.90 Å². The van der Waals surface area contributed by atoms with Crippen LogP contribution in [0.1, 0.15) is 32.8 Å². The number of carbonyl (C=O) groups excluding carboxylic acids is 1. The molecule has 0 saturated heterocycles. The van der Waals surface area contributed by atoms with Crippen LogP contribution in [0, 0.1) is 5.92 Å². The Morgan fingerprint density at radius 2 is 1.91 bits per heavy atom. The van der Waals surface area contributed by atoms with Crippen molar-refractivity contribution in [3.63, 3.8) is 0 Å². The van der Waals surface area contributed by atoms with E-state index in [0.717, 1.165) is 12.0 Å². The highest BCUT2D eigenvalue weighted by atomic mass is 16.3. The Hall–Kier alpha value is -1.59. The van der Waals surface area contributed by atoms with Crippen molar-refractivity contribution >= 4 is 6.03 Å². The Morgan fingerprint density at radius 1 is 1.26 bits per heavy atom. The molecule has 0 radical (unpaired) electrons. The summed E-state index contributed by atoms with van der Waals surface area (Å²) in [5, 5.41) is 13.3. The monoisotopic (exact) mass is 321 g/mol. The second-order valence-electron chi connectivity index (χ2n) is 6.45. The van der Waals surface area contributed by atoms with Crippen molar-refractivity contribution in [1.29, 1.82) is 0 Å². The summed E-state index contributed by atoms with van der Waals surface area (Å²) >= 11 is 0. The summed E-state index contributed by atoms with van der Waals surface area (Å²) in [7, 11) is 0. The number of hydrogen-bond acceptors (Lipinski definition) is 3. The smallest absolute Gasteiger partial charge is 0.317 e. The molecule has 4 N–H and O–H groups in total. The molecule has 1 aromatic carbocycles. The molecule has 1 rings (SSSR count). The van der Waals surface area contributed by atoms with Crippen molar-refractivity contribution in [2.75, 3.05) is 19.6 Å². The molecule has 130 valence electrons. The molecule has 0 aliphatic heterocycles. The number of urea groups is 1. The summed E-state index contributed by atoms with van der Waals surface area (Å²) in [5.41, 5.74) is 7.21. The van der Waals surface area contributed by atoms with Crippen LogP contribution in [0.3, 0.4) is 0 Å². The van der Waals surface area contributed by atoms with Gasteiger partial charge in [-0.25, -0.2) is 4.79 Å². The van der Waals surface area contributed by atoms with Crippen molar-refractivity contribution in [2.45, 2.75) is 45.8 Å². The topological polar surface area (TPSA) is 78.6 Å². The molecule has 2 atom stereocenters. The van der Waals surface area contributed by atoms with E-state index in [9.17, 15) is 9.90 Å². The molecule has 0 saturated carbocycles. The quantitative estimate of drug-likeness (QED) is 0.651. The number of nitrogens with two attached hydrogens (primary N) is 1. The van der Waals surface area contributed by atoms with Crippen LogP contribution in [-0.4, -0.2) is 47.8 Å². The van der Waals surface area contributed by atoms with E-state index < -0.39 is 12.1 Å². The highest BCUT2D eigenvalue weighted by molar-refractivity contribution is 5.74. The highest BCUT2D eigenvalue weighted by Gasteiger charge is 2.22. The van der Waals surface area contributed by atoms with Gasteiger partial charge < -0.3 is 21.1 Å². The SMILES string of the molecule is CCCNC(=O)N(CC(C)C)C[C@@H](O)[C@@H](N)Cc1ccccc1. The number of amides is 2. The number of nitrogens with zero attached hydrogens (tertiary/aromatic N) is 1. The Labute approximate surface area is 139 Å². The maximum Gasteiger partial charge on any atom is 0.317 e. The number of aliphatic hydroxyl groups is 1. The van der Waals surface area contributed by atoms with Gasteiger partial charge in [-0.05, 0) is 24.3 Å². The third kappa shape index (κ3) is 7.48. The number of hydrogen-bond donors (Lipinski definition) is 3. The third-order valence-electron chi connectivity index (χ3n) is 3.61. The van der Waals surface area contributed by atoms with Gasteiger partial charge in [0, 0.05) is 25.7 Å². The average Bonchev–Trinajstić information content (AvgIpc) is 2.52. The van der Waals surface area contributed by atoms with E-state index in [2.05, 4.69) is 19.2 Å². The molecule has 5 heteroatoms.